The molecular weight excluding hydrogens is 352 g/mol. The number of thiophene rings is 1. The Bertz CT molecular complexity index is 1030. The second-order valence-electron chi connectivity index (χ2n) is 6.62. The van der Waals surface area contributed by atoms with E-state index < -0.39 is 12.1 Å². The average molecular weight is 370 g/mol. The van der Waals surface area contributed by atoms with Gasteiger partial charge in [-0.05, 0) is 37.7 Å². The van der Waals surface area contributed by atoms with E-state index in [1.54, 1.807) is 18.3 Å². The number of carbonyl (C=O) groups excluding carboxylic acids is 1. The summed E-state index contributed by atoms with van der Waals surface area (Å²) in [6, 6.07) is 0. The van der Waals surface area contributed by atoms with Gasteiger partial charge in [-0.1, -0.05) is 6.92 Å². The molecular formula is C18H18N4O3S. The van der Waals surface area contributed by atoms with E-state index in [2.05, 4.69) is 26.9 Å². The Hall–Kier alpha value is -2.61. The van der Waals surface area contributed by atoms with E-state index in [-0.39, 0.29) is 11.3 Å². The van der Waals surface area contributed by atoms with Crippen molar-refractivity contribution in [2.45, 2.75) is 39.2 Å². The fourth-order valence-electron chi connectivity index (χ4n) is 3.24. The summed E-state index contributed by atoms with van der Waals surface area (Å²) in [6.07, 6.45) is 6.53. The molecule has 0 bridgehead atoms. The highest BCUT2D eigenvalue weighted by Crippen LogP contribution is 2.35. The number of nitrogens with one attached hydrogen (secondary N) is 1. The van der Waals surface area contributed by atoms with Gasteiger partial charge in [0.05, 0.1) is 11.6 Å². The lowest BCUT2D eigenvalue weighted by Crippen LogP contribution is -2.18. The van der Waals surface area contributed by atoms with Crippen LogP contribution in [0.4, 0.5) is 0 Å². The van der Waals surface area contributed by atoms with Crippen LogP contribution in [0.5, 0.6) is 0 Å². The van der Waals surface area contributed by atoms with Crippen LogP contribution in [0.1, 0.15) is 53.1 Å². The van der Waals surface area contributed by atoms with Crippen LogP contribution in [0.3, 0.4) is 0 Å². The van der Waals surface area contributed by atoms with Gasteiger partial charge >= 0.3 is 5.97 Å². The van der Waals surface area contributed by atoms with Gasteiger partial charge in [0.1, 0.15) is 4.83 Å². The van der Waals surface area contributed by atoms with Crippen molar-refractivity contribution in [1.29, 1.82) is 0 Å². The van der Waals surface area contributed by atoms with Crippen molar-refractivity contribution >= 4 is 27.5 Å². The number of fused-ring (bicyclic) bond motifs is 3. The third-order valence-corrected chi connectivity index (χ3v) is 5.77. The number of rotatable bonds is 3. The van der Waals surface area contributed by atoms with Gasteiger partial charge in [0.25, 0.3) is 5.56 Å². The second-order valence-corrected chi connectivity index (χ2v) is 7.70. The Morgan fingerprint density at radius 1 is 1.42 bits per heavy atom. The highest BCUT2D eigenvalue weighted by molar-refractivity contribution is 7.18. The van der Waals surface area contributed by atoms with Crippen molar-refractivity contribution in [2.75, 3.05) is 0 Å². The minimum Gasteiger partial charge on any atom is -0.450 e. The maximum absolute atomic E-state index is 12.6. The van der Waals surface area contributed by atoms with Crippen LogP contribution in [-0.2, 0) is 17.6 Å². The third kappa shape index (κ3) is 3.01. The molecule has 26 heavy (non-hydrogen) atoms. The summed E-state index contributed by atoms with van der Waals surface area (Å²) in [6.45, 7) is 3.90. The van der Waals surface area contributed by atoms with Gasteiger partial charge < -0.3 is 9.72 Å². The van der Waals surface area contributed by atoms with Gasteiger partial charge in [-0.15, -0.1) is 11.3 Å². The Morgan fingerprint density at radius 3 is 3.04 bits per heavy atom. The fourth-order valence-corrected chi connectivity index (χ4v) is 4.63. The van der Waals surface area contributed by atoms with Gasteiger partial charge in [0.2, 0.25) is 0 Å². The number of aromatic amines is 1. The molecule has 0 radical (unpaired) electrons. The molecule has 3 aromatic rings. The van der Waals surface area contributed by atoms with Crippen LogP contribution in [0, 0.1) is 5.92 Å². The van der Waals surface area contributed by atoms with Crippen LogP contribution in [0.15, 0.2) is 23.4 Å². The molecule has 0 fully saturated rings. The molecule has 3 heterocycles. The fraction of sp³-hybridized carbons (Fsp3) is 0.389. The molecule has 1 aliphatic rings. The van der Waals surface area contributed by atoms with Gasteiger partial charge in [0.15, 0.2) is 17.6 Å². The molecule has 1 N–H and O–H groups in total. The molecule has 134 valence electrons. The molecule has 0 saturated carbocycles. The quantitative estimate of drug-likeness (QED) is 0.712. The van der Waals surface area contributed by atoms with Gasteiger partial charge in [-0.25, -0.2) is 14.8 Å². The molecule has 4 rings (SSSR count). The second kappa shape index (κ2) is 6.60. The van der Waals surface area contributed by atoms with Crippen LogP contribution < -0.4 is 5.56 Å². The molecule has 8 heteroatoms. The smallest absolute Gasteiger partial charge is 0.359 e. The number of hydrogen-bond acceptors (Lipinski definition) is 7. The largest absolute Gasteiger partial charge is 0.450 e. The zero-order valence-electron chi connectivity index (χ0n) is 14.5. The van der Waals surface area contributed by atoms with E-state index >= 15 is 0 Å². The monoisotopic (exact) mass is 370 g/mol. The van der Waals surface area contributed by atoms with Crippen molar-refractivity contribution in [1.82, 2.24) is 19.9 Å². The topological polar surface area (TPSA) is 97.8 Å². The van der Waals surface area contributed by atoms with Crippen molar-refractivity contribution in [3.05, 3.63) is 50.9 Å². The highest BCUT2D eigenvalue weighted by atomic mass is 32.1. The van der Waals surface area contributed by atoms with Gasteiger partial charge in [0, 0.05) is 17.3 Å². The number of ether oxygens (including phenoxy) is 1. The predicted molar refractivity (Wildman–Crippen MR) is 97.3 cm³/mol. The molecule has 0 spiro atoms. The normalized spacial score (nSPS) is 17.7. The summed E-state index contributed by atoms with van der Waals surface area (Å²) in [7, 11) is 0. The Labute approximate surface area is 153 Å². The van der Waals surface area contributed by atoms with E-state index in [0.29, 0.717) is 22.0 Å². The zero-order chi connectivity index (χ0) is 18.3. The molecule has 0 aliphatic heterocycles. The molecule has 0 saturated heterocycles. The Balaban J connectivity index is 1.65. The van der Waals surface area contributed by atoms with Crippen molar-refractivity contribution < 1.29 is 9.53 Å². The van der Waals surface area contributed by atoms with Crippen LogP contribution in [0.25, 0.3) is 10.2 Å². The lowest BCUT2D eigenvalue weighted by atomic mass is 9.89. The standard InChI is InChI=1S/C18H18N4O3S/c1-9-3-4-11-13(7-9)26-17-14(11)16(23)21-15(22-17)10(2)25-18(24)12-8-19-5-6-20-12/h5-6,8-10H,3-4,7H2,1-2H3,(H,21,22,23)/t9-,10-/m0/s1. The summed E-state index contributed by atoms with van der Waals surface area (Å²) in [5, 5.41) is 0.688. The molecule has 2 atom stereocenters. The van der Waals surface area contributed by atoms with Crippen molar-refractivity contribution in [3.63, 3.8) is 0 Å². The number of nitrogens with zero attached hydrogens (tertiary/aromatic N) is 3. The van der Waals surface area contributed by atoms with Crippen molar-refractivity contribution in [2.24, 2.45) is 5.92 Å². The molecule has 0 aromatic carbocycles. The number of hydrogen-bond donors (Lipinski definition) is 1. The maximum atomic E-state index is 12.6. The maximum Gasteiger partial charge on any atom is 0.359 e. The van der Waals surface area contributed by atoms with Crippen molar-refractivity contribution in [3.8, 4) is 0 Å². The number of carbonyl (C=O) groups is 1. The van der Waals surface area contributed by atoms with E-state index in [4.69, 9.17) is 4.74 Å². The first-order valence-electron chi connectivity index (χ1n) is 8.54. The minimum absolute atomic E-state index is 0.114. The molecule has 3 aromatic heterocycles. The number of aromatic nitrogens is 4. The number of aryl methyl sites for hydroxylation is 1. The molecule has 0 amide bonds. The highest BCUT2D eigenvalue weighted by Gasteiger charge is 2.24. The Morgan fingerprint density at radius 2 is 2.27 bits per heavy atom. The van der Waals surface area contributed by atoms with Gasteiger partial charge in [-0.3, -0.25) is 9.78 Å². The SMILES string of the molecule is C[C@H]1CCc2c(sc3nc([C@H](C)OC(=O)c4cnccn4)[nH]c(=O)c23)C1. The average Bonchev–Trinajstić information content (AvgIpc) is 3.00. The first kappa shape index (κ1) is 16.8. The number of esters is 1. The third-order valence-electron chi connectivity index (χ3n) is 4.62. The lowest BCUT2D eigenvalue weighted by Gasteiger charge is -2.17. The minimum atomic E-state index is -0.695. The summed E-state index contributed by atoms with van der Waals surface area (Å²) in [4.78, 5) is 41.8. The van der Waals surface area contributed by atoms with Crippen LogP contribution in [0.2, 0.25) is 0 Å². The van der Waals surface area contributed by atoms with Crippen LogP contribution >= 0.6 is 11.3 Å². The van der Waals surface area contributed by atoms with E-state index in [9.17, 15) is 9.59 Å². The van der Waals surface area contributed by atoms with Crippen LogP contribution in [-0.4, -0.2) is 25.9 Å². The number of H-pyrrole nitrogens is 1. The molecule has 0 unspecified atom stereocenters. The van der Waals surface area contributed by atoms with Gasteiger partial charge in [-0.2, -0.15) is 0 Å². The van der Waals surface area contributed by atoms with E-state index in [0.717, 1.165) is 24.8 Å². The molecule has 1 aliphatic carbocycles. The zero-order valence-corrected chi connectivity index (χ0v) is 15.3. The van der Waals surface area contributed by atoms with E-state index in [1.807, 2.05) is 0 Å². The Kier molecular flexibility index (Phi) is 4.28. The predicted octanol–water partition coefficient (Wildman–Crippen LogP) is 2.82. The summed E-state index contributed by atoms with van der Waals surface area (Å²) >= 11 is 1.57. The van der Waals surface area contributed by atoms with E-state index in [1.165, 1.54) is 23.5 Å². The first-order chi connectivity index (χ1) is 12.5. The molecule has 7 nitrogen and oxygen atoms in total. The summed E-state index contributed by atoms with van der Waals surface area (Å²) in [5.41, 5.74) is 1.08. The summed E-state index contributed by atoms with van der Waals surface area (Å²) < 4.78 is 5.38. The lowest BCUT2D eigenvalue weighted by molar-refractivity contribution is 0.0312. The first-order valence-corrected chi connectivity index (χ1v) is 9.36. The summed E-state index contributed by atoms with van der Waals surface area (Å²) in [5.74, 6) is 0.361.